The Balaban J connectivity index is 1.38. The highest BCUT2D eigenvalue weighted by atomic mass is 35.5. The normalized spacial score (nSPS) is 21.6. The SMILES string of the molecule is Cc1cc(N)nc(-c2cc3c4c(c2Cl)=NCNC=4N(Cc2cccnc2N)C=C(OC[C@@]24CCCN2CC(F)(F)C4)O3)c1C(F)(F)F. The summed E-state index contributed by atoms with van der Waals surface area (Å²) >= 11 is 6.85. The second-order valence-electron chi connectivity index (χ2n) is 12.2. The minimum Gasteiger partial charge on any atom is -0.462 e. The molecular formula is C31H30ClF5N8O2. The molecule has 6 heterocycles. The van der Waals surface area contributed by atoms with Crippen molar-refractivity contribution in [2.75, 3.05) is 37.8 Å². The van der Waals surface area contributed by atoms with Crippen molar-refractivity contribution >= 4 is 29.1 Å². The summed E-state index contributed by atoms with van der Waals surface area (Å²) in [6, 6.07) is 5.99. The van der Waals surface area contributed by atoms with Crippen molar-refractivity contribution in [2.24, 2.45) is 4.99 Å². The first-order chi connectivity index (χ1) is 22.2. The number of pyridine rings is 2. The van der Waals surface area contributed by atoms with Gasteiger partial charge in [-0.2, -0.15) is 13.2 Å². The number of anilines is 2. The van der Waals surface area contributed by atoms with Crippen LogP contribution >= 0.6 is 11.6 Å². The summed E-state index contributed by atoms with van der Waals surface area (Å²) in [5, 5.41) is 3.63. The molecule has 5 N–H and O–H groups in total. The van der Waals surface area contributed by atoms with Crippen molar-refractivity contribution in [1.29, 1.82) is 0 Å². The topological polar surface area (TPSA) is 127 Å². The number of fused-ring (bicyclic) bond motifs is 1. The maximum atomic E-state index is 14.5. The number of hydrogen-bond donors (Lipinski definition) is 3. The largest absolute Gasteiger partial charge is 0.462 e. The van der Waals surface area contributed by atoms with E-state index in [1.165, 1.54) is 13.0 Å². The zero-order chi connectivity index (χ0) is 33.3. The van der Waals surface area contributed by atoms with Crippen molar-refractivity contribution in [3.8, 4) is 17.0 Å². The number of rotatable bonds is 6. The Morgan fingerprint density at radius 2 is 2.02 bits per heavy atom. The molecule has 0 aliphatic carbocycles. The molecule has 0 amide bonds. The molecule has 0 spiro atoms. The molecule has 10 nitrogen and oxygen atoms in total. The van der Waals surface area contributed by atoms with Gasteiger partial charge in [0.1, 0.15) is 36.5 Å². The minimum atomic E-state index is -4.78. The number of nitrogen functional groups attached to an aromatic ring is 2. The molecule has 2 saturated heterocycles. The molecule has 4 aliphatic heterocycles. The third-order valence-electron chi connectivity index (χ3n) is 8.96. The molecule has 4 aliphatic rings. The van der Waals surface area contributed by atoms with Crippen molar-refractivity contribution in [1.82, 2.24) is 25.1 Å². The highest BCUT2D eigenvalue weighted by Gasteiger charge is 2.57. The third-order valence-corrected chi connectivity index (χ3v) is 9.34. The van der Waals surface area contributed by atoms with Gasteiger partial charge < -0.3 is 31.2 Å². The fourth-order valence-corrected chi connectivity index (χ4v) is 7.29. The minimum absolute atomic E-state index is 0.0245. The Hall–Kier alpha value is -4.37. The van der Waals surface area contributed by atoms with E-state index in [9.17, 15) is 22.0 Å². The average molecular weight is 677 g/mol. The molecular weight excluding hydrogens is 647 g/mol. The Kier molecular flexibility index (Phi) is 7.39. The van der Waals surface area contributed by atoms with Crippen LogP contribution in [-0.4, -0.2) is 57.6 Å². The van der Waals surface area contributed by atoms with Gasteiger partial charge in [0.25, 0.3) is 5.92 Å². The average Bonchev–Trinajstić information content (AvgIpc) is 3.42. The van der Waals surface area contributed by atoms with Crippen LogP contribution in [0.4, 0.5) is 33.6 Å². The van der Waals surface area contributed by atoms with Gasteiger partial charge in [0.15, 0.2) is 0 Å². The fourth-order valence-electron chi connectivity index (χ4n) is 6.99. The van der Waals surface area contributed by atoms with E-state index in [1.54, 1.807) is 34.3 Å². The number of benzene rings is 1. The molecule has 47 heavy (non-hydrogen) atoms. The number of ether oxygens (including phenoxy) is 2. The summed E-state index contributed by atoms with van der Waals surface area (Å²) in [6.07, 6.45) is -0.775. The van der Waals surface area contributed by atoms with E-state index in [2.05, 4.69) is 20.3 Å². The summed E-state index contributed by atoms with van der Waals surface area (Å²) in [7, 11) is 0. The molecule has 2 fully saturated rings. The third kappa shape index (κ3) is 5.54. The molecule has 0 saturated carbocycles. The number of halogens is 6. The van der Waals surface area contributed by atoms with Crippen molar-refractivity contribution in [2.45, 2.75) is 50.4 Å². The van der Waals surface area contributed by atoms with Crippen molar-refractivity contribution < 1.29 is 31.4 Å². The van der Waals surface area contributed by atoms with Crippen LogP contribution in [0.1, 0.15) is 36.0 Å². The van der Waals surface area contributed by atoms with E-state index < -0.39 is 28.9 Å². The lowest BCUT2D eigenvalue weighted by atomic mass is 9.94. The Morgan fingerprint density at radius 3 is 2.79 bits per heavy atom. The fraction of sp³-hybridized carbons (Fsp3) is 0.387. The quantitative estimate of drug-likeness (QED) is 0.331. The Bertz CT molecular complexity index is 1940. The van der Waals surface area contributed by atoms with Crippen LogP contribution in [0.25, 0.3) is 17.1 Å². The van der Waals surface area contributed by atoms with Gasteiger partial charge >= 0.3 is 12.1 Å². The predicted octanol–water partition coefficient (Wildman–Crippen LogP) is 4.12. The van der Waals surface area contributed by atoms with Crippen LogP contribution in [0, 0.1) is 6.92 Å². The molecule has 248 valence electrons. The lowest BCUT2D eigenvalue weighted by Gasteiger charge is -2.31. The predicted molar refractivity (Wildman–Crippen MR) is 163 cm³/mol. The molecule has 16 heteroatoms. The van der Waals surface area contributed by atoms with Gasteiger partial charge in [-0.3, -0.25) is 9.89 Å². The van der Waals surface area contributed by atoms with E-state index >= 15 is 0 Å². The van der Waals surface area contributed by atoms with Crippen LogP contribution in [0.2, 0.25) is 5.02 Å². The Morgan fingerprint density at radius 1 is 1.21 bits per heavy atom. The number of hydrogen-bond acceptors (Lipinski definition) is 10. The van der Waals surface area contributed by atoms with E-state index in [1.807, 2.05) is 0 Å². The van der Waals surface area contributed by atoms with E-state index in [0.29, 0.717) is 29.6 Å². The van der Waals surface area contributed by atoms with Gasteiger partial charge in [0.05, 0.1) is 51.7 Å². The summed E-state index contributed by atoms with van der Waals surface area (Å²) in [5.74, 6) is -2.26. The summed E-state index contributed by atoms with van der Waals surface area (Å²) < 4.78 is 84.7. The monoisotopic (exact) mass is 676 g/mol. The van der Waals surface area contributed by atoms with Gasteiger partial charge in [0, 0.05) is 23.7 Å². The maximum Gasteiger partial charge on any atom is 0.418 e. The van der Waals surface area contributed by atoms with Crippen LogP contribution in [0.15, 0.2) is 47.6 Å². The van der Waals surface area contributed by atoms with Crippen molar-refractivity contribution in [3.05, 3.63) is 74.9 Å². The molecule has 7 rings (SSSR count). The zero-order valence-corrected chi connectivity index (χ0v) is 25.9. The van der Waals surface area contributed by atoms with Gasteiger partial charge in [-0.05, 0) is 50.1 Å². The van der Waals surface area contributed by atoms with Gasteiger partial charge in [0.2, 0.25) is 0 Å². The highest BCUT2D eigenvalue weighted by molar-refractivity contribution is 6.33. The first-order valence-corrected chi connectivity index (χ1v) is 15.2. The summed E-state index contributed by atoms with van der Waals surface area (Å²) in [5.41, 5.74) is 10.1. The zero-order valence-electron chi connectivity index (χ0n) is 25.1. The van der Waals surface area contributed by atoms with E-state index in [4.69, 9.17) is 32.5 Å². The van der Waals surface area contributed by atoms with Crippen LogP contribution in [-0.2, 0) is 17.5 Å². The van der Waals surface area contributed by atoms with Gasteiger partial charge in [-0.1, -0.05) is 17.7 Å². The van der Waals surface area contributed by atoms with E-state index in [0.717, 1.165) is 12.5 Å². The van der Waals surface area contributed by atoms with Crippen molar-refractivity contribution in [3.63, 3.8) is 0 Å². The smallest absolute Gasteiger partial charge is 0.418 e. The first kappa shape index (κ1) is 31.2. The number of aryl methyl sites for hydroxylation is 1. The summed E-state index contributed by atoms with van der Waals surface area (Å²) in [4.78, 5) is 16.2. The molecule has 1 aromatic carbocycles. The second kappa shape index (κ2) is 11.1. The maximum absolute atomic E-state index is 14.5. The lowest BCUT2D eigenvalue weighted by Crippen LogP contribution is -2.44. The standard InChI is InChI=1S/C31H30ClF5N8O2/c1-16-8-20(38)43-25(23(16)31(35,36)37)18-9-19-22-26(24(18)32)41-15-42-28(22)44(10-17-4-2-6-40-27(17)39)11-21(47-19)46-14-29-5-3-7-45(29)13-30(33,34)12-29/h2,4,6,8-9,11,42H,3,5,7,10,12-15H2,1H3,(H2,38,43)(H2,39,40)/t29-/m0/s1. The van der Waals surface area contributed by atoms with Crippen LogP contribution < -0.4 is 32.1 Å². The number of nitrogens with one attached hydrogen (secondary N) is 1. The van der Waals surface area contributed by atoms with Gasteiger partial charge in [-0.25, -0.2) is 18.7 Å². The highest BCUT2D eigenvalue weighted by Crippen LogP contribution is 2.46. The summed E-state index contributed by atoms with van der Waals surface area (Å²) in [6.45, 7) is 1.56. The lowest BCUT2D eigenvalue weighted by molar-refractivity contribution is -0.137. The Labute approximate surface area is 270 Å². The molecule has 0 unspecified atom stereocenters. The van der Waals surface area contributed by atoms with Crippen LogP contribution in [0.5, 0.6) is 5.75 Å². The van der Waals surface area contributed by atoms with E-state index in [-0.39, 0.29) is 77.6 Å². The molecule has 0 radical (unpaired) electrons. The number of nitrogens with two attached hydrogens (primary N) is 2. The number of nitrogens with zero attached hydrogens (tertiary/aromatic N) is 5. The first-order valence-electron chi connectivity index (χ1n) is 14.9. The number of aromatic nitrogens is 2. The molecule has 0 bridgehead atoms. The van der Waals surface area contributed by atoms with Gasteiger partial charge in [-0.15, -0.1) is 0 Å². The molecule has 1 atom stereocenters. The second-order valence-corrected chi connectivity index (χ2v) is 12.6. The molecule has 2 aromatic heterocycles. The number of alkyl halides is 5. The van der Waals surface area contributed by atoms with Crippen LogP contribution in [0.3, 0.4) is 0 Å². The molecule has 3 aromatic rings.